The van der Waals surface area contributed by atoms with Crippen molar-refractivity contribution in [3.8, 4) is 23.1 Å². The number of hydrogen-bond donors (Lipinski definition) is 1. The Morgan fingerprint density at radius 2 is 1.74 bits per heavy atom. The molecule has 2 aromatic carbocycles. The molecule has 11 heteroatoms. The zero-order valence-corrected chi connectivity index (χ0v) is 17.1. The molecule has 0 radical (unpaired) electrons. The molecule has 0 fully saturated rings. The van der Waals surface area contributed by atoms with E-state index in [1.54, 1.807) is 35.9 Å². The van der Waals surface area contributed by atoms with E-state index in [1.807, 2.05) is 0 Å². The molecule has 2 aromatic heterocycles. The quantitative estimate of drug-likeness (QED) is 0.439. The fraction of sp³-hybridized carbons (Fsp3) is 0.150. The lowest BCUT2D eigenvalue weighted by Crippen LogP contribution is -2.24. The SMILES string of the molecule is Cn1c(SCC(=O)NCc2ccc(F)cc2)nnc1-c1nc(-c2ccc(F)cc2)no1. The minimum atomic E-state index is -0.357. The van der Waals surface area contributed by atoms with E-state index >= 15 is 0 Å². The number of halogens is 2. The third-order valence-corrected chi connectivity index (χ3v) is 5.31. The molecule has 158 valence electrons. The van der Waals surface area contributed by atoms with Crippen LogP contribution in [0.25, 0.3) is 23.1 Å². The van der Waals surface area contributed by atoms with Crippen LogP contribution >= 0.6 is 11.8 Å². The van der Waals surface area contributed by atoms with E-state index < -0.39 is 0 Å². The van der Waals surface area contributed by atoms with Crippen molar-refractivity contribution >= 4 is 17.7 Å². The highest BCUT2D eigenvalue weighted by Crippen LogP contribution is 2.24. The van der Waals surface area contributed by atoms with Crippen LogP contribution in [0.4, 0.5) is 8.78 Å². The van der Waals surface area contributed by atoms with Crippen molar-refractivity contribution in [2.75, 3.05) is 5.75 Å². The molecule has 0 aliphatic heterocycles. The molecule has 2 heterocycles. The third kappa shape index (κ3) is 4.94. The number of amides is 1. The molecule has 4 rings (SSSR count). The lowest BCUT2D eigenvalue weighted by Gasteiger charge is -2.05. The van der Waals surface area contributed by atoms with Gasteiger partial charge in [-0.2, -0.15) is 4.98 Å². The molecule has 31 heavy (non-hydrogen) atoms. The summed E-state index contributed by atoms with van der Waals surface area (Å²) >= 11 is 1.20. The first-order valence-corrected chi connectivity index (χ1v) is 10.1. The number of rotatable bonds is 7. The van der Waals surface area contributed by atoms with E-state index in [0.717, 1.165) is 5.56 Å². The lowest BCUT2D eigenvalue weighted by atomic mass is 10.2. The fourth-order valence-corrected chi connectivity index (χ4v) is 3.38. The van der Waals surface area contributed by atoms with Crippen LogP contribution in [0, 0.1) is 11.6 Å². The predicted octanol–water partition coefficient (Wildman–Crippen LogP) is 3.22. The highest BCUT2D eigenvalue weighted by atomic mass is 32.2. The number of nitrogens with one attached hydrogen (secondary N) is 1. The van der Waals surface area contributed by atoms with Gasteiger partial charge in [0.1, 0.15) is 11.6 Å². The van der Waals surface area contributed by atoms with Gasteiger partial charge in [-0.25, -0.2) is 8.78 Å². The summed E-state index contributed by atoms with van der Waals surface area (Å²) < 4.78 is 32.9. The maximum Gasteiger partial charge on any atom is 0.296 e. The summed E-state index contributed by atoms with van der Waals surface area (Å²) in [5.41, 5.74) is 1.40. The number of thioether (sulfide) groups is 1. The molecular formula is C20H16F2N6O2S. The number of benzene rings is 2. The van der Waals surface area contributed by atoms with Crippen LogP contribution in [-0.4, -0.2) is 36.6 Å². The molecular weight excluding hydrogens is 426 g/mol. The Morgan fingerprint density at radius 1 is 1.06 bits per heavy atom. The smallest absolute Gasteiger partial charge is 0.296 e. The fourth-order valence-electron chi connectivity index (χ4n) is 2.64. The van der Waals surface area contributed by atoms with Crippen LogP contribution in [0.5, 0.6) is 0 Å². The van der Waals surface area contributed by atoms with Crippen LogP contribution in [0.3, 0.4) is 0 Å². The van der Waals surface area contributed by atoms with Gasteiger partial charge in [0.15, 0.2) is 5.16 Å². The Kier molecular flexibility index (Phi) is 6.03. The van der Waals surface area contributed by atoms with Crippen molar-refractivity contribution in [1.29, 1.82) is 0 Å². The Bertz CT molecular complexity index is 1190. The maximum atomic E-state index is 13.1. The minimum Gasteiger partial charge on any atom is -0.351 e. The van der Waals surface area contributed by atoms with E-state index in [0.29, 0.717) is 28.9 Å². The maximum absolute atomic E-state index is 13.1. The van der Waals surface area contributed by atoms with E-state index in [2.05, 4.69) is 25.7 Å². The molecule has 8 nitrogen and oxygen atoms in total. The Balaban J connectivity index is 1.36. The summed E-state index contributed by atoms with van der Waals surface area (Å²) in [6.45, 7) is 0.303. The summed E-state index contributed by atoms with van der Waals surface area (Å²) in [5.74, 6) is 0.0382. The molecule has 1 N–H and O–H groups in total. The first-order valence-electron chi connectivity index (χ1n) is 9.13. The first-order chi connectivity index (χ1) is 15.0. The monoisotopic (exact) mass is 442 g/mol. The third-order valence-electron chi connectivity index (χ3n) is 4.29. The van der Waals surface area contributed by atoms with E-state index in [-0.39, 0.29) is 29.2 Å². The number of carbonyl (C=O) groups excluding carboxylic acids is 1. The second kappa shape index (κ2) is 9.04. The largest absolute Gasteiger partial charge is 0.351 e. The average molecular weight is 442 g/mol. The van der Waals surface area contributed by atoms with Crippen molar-refractivity contribution < 1.29 is 18.1 Å². The van der Waals surface area contributed by atoms with Gasteiger partial charge in [0, 0.05) is 19.2 Å². The highest BCUT2D eigenvalue weighted by Gasteiger charge is 2.19. The number of nitrogens with zero attached hydrogens (tertiary/aromatic N) is 5. The minimum absolute atomic E-state index is 0.123. The molecule has 0 unspecified atom stereocenters. The molecule has 0 bridgehead atoms. The number of hydrogen-bond acceptors (Lipinski definition) is 7. The second-order valence-corrected chi connectivity index (χ2v) is 7.43. The van der Waals surface area contributed by atoms with Crippen molar-refractivity contribution in [3.63, 3.8) is 0 Å². The first kappa shape index (κ1) is 20.7. The highest BCUT2D eigenvalue weighted by molar-refractivity contribution is 7.99. The Morgan fingerprint density at radius 3 is 2.45 bits per heavy atom. The van der Waals surface area contributed by atoms with Crippen LogP contribution in [0.2, 0.25) is 0 Å². The van der Waals surface area contributed by atoms with Gasteiger partial charge in [-0.1, -0.05) is 29.1 Å². The number of aromatic nitrogens is 5. The summed E-state index contributed by atoms with van der Waals surface area (Å²) in [6.07, 6.45) is 0. The van der Waals surface area contributed by atoms with Gasteiger partial charge < -0.3 is 14.4 Å². The second-order valence-electron chi connectivity index (χ2n) is 6.49. The van der Waals surface area contributed by atoms with Gasteiger partial charge in [0.05, 0.1) is 5.75 Å². The Hall–Kier alpha value is -3.60. The number of carbonyl (C=O) groups is 1. The summed E-state index contributed by atoms with van der Waals surface area (Å²) in [6, 6.07) is 11.6. The molecule has 0 spiro atoms. The standard InChI is InChI=1S/C20H16F2N6O2S/c1-28-18(19-24-17(27-30-19)13-4-8-15(22)9-5-13)25-26-20(28)31-11-16(29)23-10-12-2-6-14(21)7-3-12/h2-9H,10-11H2,1H3,(H,23,29). The zero-order chi connectivity index (χ0) is 21.8. The van der Waals surface area contributed by atoms with Crippen LogP contribution in [0.1, 0.15) is 5.56 Å². The summed E-state index contributed by atoms with van der Waals surface area (Å²) in [7, 11) is 1.72. The summed E-state index contributed by atoms with van der Waals surface area (Å²) in [5, 5.41) is 15.3. The van der Waals surface area contributed by atoms with Crippen LogP contribution in [-0.2, 0) is 18.4 Å². The lowest BCUT2D eigenvalue weighted by molar-refractivity contribution is -0.118. The van der Waals surface area contributed by atoms with Gasteiger partial charge in [-0.15, -0.1) is 10.2 Å². The van der Waals surface area contributed by atoms with Gasteiger partial charge >= 0.3 is 0 Å². The molecule has 0 atom stereocenters. The molecule has 0 saturated carbocycles. The van der Waals surface area contributed by atoms with E-state index in [1.165, 1.54) is 36.0 Å². The van der Waals surface area contributed by atoms with Gasteiger partial charge in [-0.05, 0) is 42.0 Å². The van der Waals surface area contributed by atoms with Gasteiger partial charge in [0.2, 0.25) is 17.6 Å². The van der Waals surface area contributed by atoms with E-state index in [9.17, 15) is 13.6 Å². The predicted molar refractivity (Wildman–Crippen MR) is 109 cm³/mol. The van der Waals surface area contributed by atoms with Crippen LogP contribution < -0.4 is 5.32 Å². The van der Waals surface area contributed by atoms with Gasteiger partial charge in [-0.3, -0.25) is 4.79 Å². The van der Waals surface area contributed by atoms with Crippen molar-refractivity contribution in [3.05, 3.63) is 65.7 Å². The topological polar surface area (TPSA) is 98.7 Å². The van der Waals surface area contributed by atoms with Crippen LogP contribution in [0.15, 0.2) is 58.2 Å². The van der Waals surface area contributed by atoms with Gasteiger partial charge in [0.25, 0.3) is 5.89 Å². The normalized spacial score (nSPS) is 10.9. The van der Waals surface area contributed by atoms with Crippen molar-refractivity contribution in [2.24, 2.45) is 7.05 Å². The van der Waals surface area contributed by atoms with Crippen molar-refractivity contribution in [2.45, 2.75) is 11.7 Å². The molecule has 0 aliphatic rings. The molecule has 1 amide bonds. The van der Waals surface area contributed by atoms with E-state index in [4.69, 9.17) is 4.52 Å². The molecule has 0 saturated heterocycles. The van der Waals surface area contributed by atoms with Crippen molar-refractivity contribution in [1.82, 2.24) is 30.2 Å². The Labute approximate surface area is 179 Å². The molecule has 0 aliphatic carbocycles. The summed E-state index contributed by atoms with van der Waals surface area (Å²) in [4.78, 5) is 16.4. The zero-order valence-electron chi connectivity index (χ0n) is 16.2. The average Bonchev–Trinajstić information content (AvgIpc) is 3.39. The molecule has 4 aromatic rings.